The second-order valence-electron chi connectivity index (χ2n) is 4.60. The second kappa shape index (κ2) is 5.06. The molecule has 1 rings (SSSR count). The van der Waals surface area contributed by atoms with Crippen molar-refractivity contribution >= 4 is 6.03 Å². The van der Waals surface area contributed by atoms with Crippen LogP contribution in [0.4, 0.5) is 4.79 Å². The molecule has 1 N–H and O–H groups in total. The van der Waals surface area contributed by atoms with Gasteiger partial charge in [-0.05, 0) is 26.7 Å². The van der Waals surface area contributed by atoms with Crippen LogP contribution in [0.15, 0.2) is 0 Å². The molecule has 1 heterocycles. The molecule has 0 aromatic carbocycles. The Bertz CT molecular complexity index is 257. The predicted octanol–water partition coefficient (Wildman–Crippen LogP) is 1.98. The molecule has 0 bridgehead atoms. The van der Waals surface area contributed by atoms with Crippen molar-refractivity contribution in [3.05, 3.63) is 0 Å². The van der Waals surface area contributed by atoms with Gasteiger partial charge in [-0.1, -0.05) is 18.8 Å². The number of amides is 2. The number of hydrogen-bond donors (Lipinski definition) is 1. The number of carbonyl (C=O) groups is 1. The summed E-state index contributed by atoms with van der Waals surface area (Å²) in [4.78, 5) is 13.7. The van der Waals surface area contributed by atoms with E-state index >= 15 is 0 Å². The number of likely N-dealkylation sites (tertiary alicyclic amines) is 1. The zero-order valence-corrected chi connectivity index (χ0v) is 9.68. The van der Waals surface area contributed by atoms with Crippen molar-refractivity contribution in [1.82, 2.24) is 10.2 Å². The van der Waals surface area contributed by atoms with Crippen LogP contribution >= 0.6 is 0 Å². The third-order valence-corrected chi connectivity index (χ3v) is 2.67. The van der Waals surface area contributed by atoms with Gasteiger partial charge in [0.2, 0.25) is 0 Å². The van der Waals surface area contributed by atoms with Crippen LogP contribution in [-0.2, 0) is 0 Å². The van der Waals surface area contributed by atoms with Gasteiger partial charge in [0, 0.05) is 13.1 Å². The van der Waals surface area contributed by atoms with E-state index in [0.717, 1.165) is 25.9 Å². The fourth-order valence-electron chi connectivity index (χ4n) is 1.66. The summed E-state index contributed by atoms with van der Waals surface area (Å²) in [6.45, 7) is 5.38. The molecular weight excluding hydrogens is 188 g/mol. The summed E-state index contributed by atoms with van der Waals surface area (Å²) in [5, 5.41) is 2.85. The van der Waals surface area contributed by atoms with Crippen LogP contribution < -0.4 is 5.32 Å². The van der Waals surface area contributed by atoms with E-state index in [1.165, 1.54) is 12.8 Å². The van der Waals surface area contributed by atoms with E-state index in [1.807, 2.05) is 18.7 Å². The van der Waals surface area contributed by atoms with Gasteiger partial charge >= 0.3 is 6.03 Å². The van der Waals surface area contributed by atoms with Gasteiger partial charge in [-0.3, -0.25) is 0 Å². The summed E-state index contributed by atoms with van der Waals surface area (Å²) in [5.74, 6) is 2.57. The normalized spacial score (nSPS) is 17.8. The Morgan fingerprint density at radius 3 is 2.27 bits per heavy atom. The third-order valence-electron chi connectivity index (χ3n) is 2.67. The van der Waals surface area contributed by atoms with Crippen molar-refractivity contribution in [1.29, 1.82) is 0 Å². The van der Waals surface area contributed by atoms with Gasteiger partial charge in [0.1, 0.15) is 0 Å². The molecule has 2 amide bonds. The molecule has 84 valence electrons. The fraction of sp³-hybridized carbons (Fsp3) is 0.750. The molecule has 0 unspecified atom stereocenters. The van der Waals surface area contributed by atoms with Crippen LogP contribution in [0.3, 0.4) is 0 Å². The number of terminal acetylenes is 1. The standard InChI is InChI=1S/C12H20N2O/c1-4-12(2,3)13-11(15)14-9-7-5-6-8-10-14/h1H,5-10H2,2-3H3,(H,13,15). The maximum Gasteiger partial charge on any atom is 0.318 e. The monoisotopic (exact) mass is 208 g/mol. The molecule has 0 aliphatic carbocycles. The van der Waals surface area contributed by atoms with Gasteiger partial charge < -0.3 is 10.2 Å². The van der Waals surface area contributed by atoms with E-state index in [9.17, 15) is 4.79 Å². The Morgan fingerprint density at radius 2 is 1.80 bits per heavy atom. The van der Waals surface area contributed by atoms with Gasteiger partial charge in [0.25, 0.3) is 0 Å². The Morgan fingerprint density at radius 1 is 1.27 bits per heavy atom. The fourth-order valence-corrected chi connectivity index (χ4v) is 1.66. The smallest absolute Gasteiger partial charge is 0.318 e. The summed E-state index contributed by atoms with van der Waals surface area (Å²) in [7, 11) is 0. The molecular formula is C12H20N2O. The van der Waals surface area contributed by atoms with E-state index < -0.39 is 5.54 Å². The van der Waals surface area contributed by atoms with Gasteiger partial charge in [-0.15, -0.1) is 6.42 Å². The van der Waals surface area contributed by atoms with Crippen molar-refractivity contribution in [2.24, 2.45) is 0 Å². The number of urea groups is 1. The topological polar surface area (TPSA) is 32.3 Å². The summed E-state index contributed by atoms with van der Waals surface area (Å²) < 4.78 is 0. The molecule has 0 aromatic heterocycles. The molecule has 15 heavy (non-hydrogen) atoms. The average Bonchev–Trinajstić information content (AvgIpc) is 2.45. The summed E-state index contributed by atoms with van der Waals surface area (Å²) in [6, 6.07) is -0.0279. The van der Waals surface area contributed by atoms with Crippen LogP contribution in [0.5, 0.6) is 0 Å². The Labute approximate surface area is 92.2 Å². The summed E-state index contributed by atoms with van der Waals surface area (Å²) in [5.41, 5.74) is -0.552. The molecule has 3 heteroatoms. The molecule has 0 radical (unpaired) electrons. The number of nitrogens with one attached hydrogen (secondary N) is 1. The number of nitrogens with zero attached hydrogens (tertiary/aromatic N) is 1. The van der Waals surface area contributed by atoms with E-state index in [-0.39, 0.29) is 6.03 Å². The van der Waals surface area contributed by atoms with Crippen LogP contribution in [0.1, 0.15) is 39.5 Å². The number of carbonyl (C=O) groups excluding carboxylic acids is 1. The lowest BCUT2D eigenvalue weighted by molar-refractivity contribution is 0.193. The van der Waals surface area contributed by atoms with Gasteiger partial charge in [0.05, 0.1) is 5.54 Å². The van der Waals surface area contributed by atoms with E-state index in [1.54, 1.807) is 0 Å². The number of rotatable bonds is 1. The highest BCUT2D eigenvalue weighted by Gasteiger charge is 2.21. The van der Waals surface area contributed by atoms with Gasteiger partial charge in [-0.2, -0.15) is 0 Å². The van der Waals surface area contributed by atoms with E-state index in [2.05, 4.69) is 11.2 Å². The lowest BCUT2D eigenvalue weighted by Gasteiger charge is -2.26. The molecule has 0 saturated carbocycles. The third kappa shape index (κ3) is 3.83. The van der Waals surface area contributed by atoms with Crippen molar-refractivity contribution in [2.75, 3.05) is 13.1 Å². The molecule has 1 aliphatic heterocycles. The second-order valence-corrected chi connectivity index (χ2v) is 4.60. The maximum atomic E-state index is 11.8. The van der Waals surface area contributed by atoms with Crippen molar-refractivity contribution in [3.8, 4) is 12.3 Å². The van der Waals surface area contributed by atoms with E-state index in [4.69, 9.17) is 6.42 Å². The molecule has 1 aliphatic rings. The minimum absolute atomic E-state index is 0.0279. The van der Waals surface area contributed by atoms with Crippen LogP contribution in [-0.4, -0.2) is 29.6 Å². The molecule has 0 aromatic rings. The largest absolute Gasteiger partial charge is 0.325 e. The molecule has 1 fully saturated rings. The first-order valence-corrected chi connectivity index (χ1v) is 5.60. The van der Waals surface area contributed by atoms with Crippen molar-refractivity contribution in [2.45, 2.75) is 45.1 Å². The first-order valence-electron chi connectivity index (χ1n) is 5.60. The molecule has 1 saturated heterocycles. The Balaban J connectivity index is 2.49. The lowest BCUT2D eigenvalue weighted by Crippen LogP contribution is -2.49. The first-order chi connectivity index (χ1) is 7.05. The van der Waals surface area contributed by atoms with Crippen molar-refractivity contribution < 1.29 is 4.79 Å². The minimum Gasteiger partial charge on any atom is -0.325 e. The van der Waals surface area contributed by atoms with Gasteiger partial charge in [0.15, 0.2) is 0 Å². The number of hydrogen-bond acceptors (Lipinski definition) is 1. The maximum absolute atomic E-state index is 11.8. The summed E-state index contributed by atoms with van der Waals surface area (Å²) in [6.07, 6.45) is 9.98. The van der Waals surface area contributed by atoms with Crippen LogP contribution in [0.25, 0.3) is 0 Å². The highest BCUT2D eigenvalue weighted by atomic mass is 16.2. The van der Waals surface area contributed by atoms with Crippen LogP contribution in [0.2, 0.25) is 0 Å². The minimum atomic E-state index is -0.552. The van der Waals surface area contributed by atoms with Crippen LogP contribution in [0, 0.1) is 12.3 Å². The average molecular weight is 208 g/mol. The van der Waals surface area contributed by atoms with Gasteiger partial charge in [-0.25, -0.2) is 4.79 Å². The Hall–Kier alpha value is -1.17. The quantitative estimate of drug-likeness (QED) is 0.657. The SMILES string of the molecule is C#CC(C)(C)NC(=O)N1CCCCCC1. The molecule has 0 atom stereocenters. The highest BCUT2D eigenvalue weighted by Crippen LogP contribution is 2.10. The van der Waals surface area contributed by atoms with Crippen molar-refractivity contribution in [3.63, 3.8) is 0 Å². The Kier molecular flexibility index (Phi) is 4.02. The zero-order chi connectivity index (χ0) is 11.3. The molecule has 3 nitrogen and oxygen atoms in total. The first kappa shape index (κ1) is 11.9. The zero-order valence-electron chi connectivity index (χ0n) is 9.68. The predicted molar refractivity (Wildman–Crippen MR) is 61.5 cm³/mol. The van der Waals surface area contributed by atoms with E-state index in [0.29, 0.717) is 0 Å². The molecule has 0 spiro atoms. The summed E-state index contributed by atoms with van der Waals surface area (Å²) >= 11 is 0. The highest BCUT2D eigenvalue weighted by molar-refractivity contribution is 5.75. The lowest BCUT2D eigenvalue weighted by atomic mass is 10.1.